The molecule has 1 atom stereocenters. The molecular weight excluding hydrogens is 430 g/mol. The van der Waals surface area contributed by atoms with Crippen molar-refractivity contribution in [2.45, 2.75) is 31.9 Å². The highest BCUT2D eigenvalue weighted by Gasteiger charge is 2.46. The number of pyridine rings is 1. The number of nitrogens with two attached hydrogens (primary N) is 1. The highest BCUT2D eigenvalue weighted by atomic mass is 16.5. The zero-order chi connectivity index (χ0) is 23.5. The SMILES string of the molecule is NC1c2ccccc2CC12CCN(c1ncc(C#CCOc3ccc(O)cn3)nc1CO)CC2. The van der Waals surface area contributed by atoms with Crippen molar-refractivity contribution in [3.8, 4) is 23.5 Å². The minimum atomic E-state index is -0.210. The number of rotatable bonds is 4. The van der Waals surface area contributed by atoms with Gasteiger partial charge in [0.05, 0.1) is 19.0 Å². The molecule has 1 saturated heterocycles. The van der Waals surface area contributed by atoms with Crippen molar-refractivity contribution in [1.29, 1.82) is 0 Å². The van der Waals surface area contributed by atoms with Crippen molar-refractivity contribution in [3.63, 3.8) is 0 Å². The van der Waals surface area contributed by atoms with Gasteiger partial charge in [0.1, 0.15) is 17.1 Å². The van der Waals surface area contributed by atoms with Gasteiger partial charge in [-0.2, -0.15) is 0 Å². The van der Waals surface area contributed by atoms with E-state index in [-0.39, 0.29) is 30.4 Å². The van der Waals surface area contributed by atoms with Crippen molar-refractivity contribution in [2.75, 3.05) is 24.6 Å². The number of aromatic hydroxyl groups is 1. The van der Waals surface area contributed by atoms with Gasteiger partial charge in [-0.3, -0.25) is 0 Å². The molecule has 0 radical (unpaired) electrons. The number of benzene rings is 1. The Morgan fingerprint density at radius 3 is 2.68 bits per heavy atom. The molecule has 0 bridgehead atoms. The Balaban J connectivity index is 1.23. The summed E-state index contributed by atoms with van der Waals surface area (Å²) >= 11 is 0. The maximum Gasteiger partial charge on any atom is 0.214 e. The average molecular weight is 458 g/mol. The van der Waals surface area contributed by atoms with Crippen molar-refractivity contribution >= 4 is 5.82 Å². The number of nitrogens with zero attached hydrogens (tertiary/aromatic N) is 4. The molecule has 8 nitrogen and oxygen atoms in total. The summed E-state index contributed by atoms with van der Waals surface area (Å²) in [4.78, 5) is 15.2. The molecule has 3 aromatic rings. The first-order chi connectivity index (χ1) is 16.6. The minimum Gasteiger partial charge on any atom is -0.506 e. The normalized spacial score (nSPS) is 18.3. The average Bonchev–Trinajstić information content (AvgIpc) is 3.14. The van der Waals surface area contributed by atoms with Crippen molar-refractivity contribution in [3.05, 3.63) is 71.3 Å². The zero-order valence-electron chi connectivity index (χ0n) is 18.8. The third-order valence-electron chi connectivity index (χ3n) is 6.85. The summed E-state index contributed by atoms with van der Waals surface area (Å²) < 4.78 is 5.42. The highest BCUT2D eigenvalue weighted by molar-refractivity contribution is 5.47. The van der Waals surface area contributed by atoms with Crippen LogP contribution in [0.25, 0.3) is 0 Å². The van der Waals surface area contributed by atoms with E-state index in [0.717, 1.165) is 32.4 Å². The predicted octanol–water partition coefficient (Wildman–Crippen LogP) is 2.34. The van der Waals surface area contributed by atoms with Gasteiger partial charge in [-0.25, -0.2) is 15.0 Å². The van der Waals surface area contributed by atoms with Gasteiger partial charge in [0.15, 0.2) is 12.4 Å². The van der Waals surface area contributed by atoms with Gasteiger partial charge in [-0.05, 0) is 47.8 Å². The fourth-order valence-electron chi connectivity index (χ4n) is 5.02. The number of hydrogen-bond acceptors (Lipinski definition) is 8. The van der Waals surface area contributed by atoms with E-state index in [9.17, 15) is 10.2 Å². The van der Waals surface area contributed by atoms with Gasteiger partial charge in [0.25, 0.3) is 0 Å². The quantitative estimate of drug-likeness (QED) is 0.511. The van der Waals surface area contributed by atoms with Crippen LogP contribution in [0.3, 0.4) is 0 Å². The Bertz CT molecular complexity index is 1230. The van der Waals surface area contributed by atoms with E-state index >= 15 is 0 Å². The molecule has 1 aliphatic carbocycles. The van der Waals surface area contributed by atoms with Gasteiger partial charge in [-0.1, -0.05) is 30.2 Å². The Morgan fingerprint density at radius 1 is 1.12 bits per heavy atom. The summed E-state index contributed by atoms with van der Waals surface area (Å²) in [5.41, 5.74) is 10.4. The lowest BCUT2D eigenvalue weighted by Crippen LogP contribution is -2.45. The van der Waals surface area contributed by atoms with Crippen LogP contribution < -0.4 is 15.4 Å². The molecule has 1 aliphatic heterocycles. The van der Waals surface area contributed by atoms with Crippen LogP contribution in [-0.4, -0.2) is 44.9 Å². The first-order valence-corrected chi connectivity index (χ1v) is 11.4. The van der Waals surface area contributed by atoms with Gasteiger partial charge in [0, 0.05) is 25.2 Å². The first kappa shape index (κ1) is 22.1. The molecule has 1 aromatic carbocycles. The number of anilines is 1. The largest absolute Gasteiger partial charge is 0.506 e. The number of aliphatic hydroxyl groups is 1. The number of hydrogen-bond donors (Lipinski definition) is 3. The zero-order valence-corrected chi connectivity index (χ0v) is 18.8. The van der Waals surface area contributed by atoms with E-state index in [1.165, 1.54) is 23.4 Å². The van der Waals surface area contributed by atoms with Crippen LogP contribution >= 0.6 is 0 Å². The van der Waals surface area contributed by atoms with Crippen LogP contribution in [0.5, 0.6) is 11.6 Å². The van der Waals surface area contributed by atoms with E-state index in [1.807, 2.05) is 0 Å². The maximum atomic E-state index is 9.93. The Kier molecular flexibility index (Phi) is 6.05. The fraction of sp³-hybridized carbons (Fsp3) is 0.346. The molecule has 4 N–H and O–H groups in total. The van der Waals surface area contributed by atoms with E-state index < -0.39 is 0 Å². The molecule has 0 saturated carbocycles. The molecule has 1 fully saturated rings. The molecule has 34 heavy (non-hydrogen) atoms. The van der Waals surface area contributed by atoms with Crippen molar-refractivity contribution in [2.24, 2.45) is 11.1 Å². The molecule has 2 aliphatic rings. The molecule has 5 rings (SSSR count). The standard InChI is InChI=1S/C26H27N5O3/c27-24-21-6-2-1-4-18(21)14-26(24)9-11-31(12-10-26)25-22(17-32)30-19(15-29-25)5-3-13-34-23-8-7-20(33)16-28-23/h1-2,4,6-8,15-16,24,32-33H,9-14,17,27H2. The Morgan fingerprint density at radius 2 is 1.94 bits per heavy atom. The minimum absolute atomic E-state index is 0.0610. The summed E-state index contributed by atoms with van der Waals surface area (Å²) in [6.07, 6.45) is 5.90. The van der Waals surface area contributed by atoms with Crippen LogP contribution in [0.15, 0.2) is 48.8 Å². The van der Waals surface area contributed by atoms with E-state index in [4.69, 9.17) is 10.5 Å². The second kappa shape index (κ2) is 9.29. The van der Waals surface area contributed by atoms with E-state index in [1.54, 1.807) is 12.3 Å². The maximum absolute atomic E-state index is 9.93. The van der Waals surface area contributed by atoms with Crippen molar-refractivity contribution < 1.29 is 14.9 Å². The summed E-state index contributed by atoms with van der Waals surface area (Å²) in [6, 6.07) is 11.6. The lowest BCUT2D eigenvalue weighted by molar-refractivity contribution is 0.186. The molecule has 1 unspecified atom stereocenters. The Labute approximate surface area is 198 Å². The molecule has 2 aromatic heterocycles. The summed E-state index contributed by atoms with van der Waals surface area (Å²) in [5.74, 6) is 6.94. The number of piperidine rings is 1. The summed E-state index contributed by atoms with van der Waals surface area (Å²) in [7, 11) is 0. The van der Waals surface area contributed by atoms with Crippen LogP contribution in [0.4, 0.5) is 5.82 Å². The first-order valence-electron chi connectivity index (χ1n) is 11.4. The fourth-order valence-corrected chi connectivity index (χ4v) is 5.02. The number of aliphatic hydroxyl groups excluding tert-OH is 1. The number of aromatic nitrogens is 3. The lowest BCUT2D eigenvalue weighted by atomic mass is 9.73. The third kappa shape index (κ3) is 4.28. The molecule has 1 spiro atoms. The molecule has 0 amide bonds. The smallest absolute Gasteiger partial charge is 0.214 e. The molecule has 174 valence electrons. The van der Waals surface area contributed by atoms with E-state index in [0.29, 0.717) is 23.1 Å². The summed E-state index contributed by atoms with van der Waals surface area (Å²) in [6.45, 7) is 1.55. The highest BCUT2D eigenvalue weighted by Crippen LogP contribution is 2.50. The lowest BCUT2D eigenvalue weighted by Gasteiger charge is -2.42. The number of ether oxygens (including phenoxy) is 1. The van der Waals surface area contributed by atoms with Crippen LogP contribution in [0.2, 0.25) is 0 Å². The molecular formula is C26H27N5O3. The van der Waals surface area contributed by atoms with Crippen molar-refractivity contribution in [1.82, 2.24) is 15.0 Å². The monoisotopic (exact) mass is 457 g/mol. The second-order valence-electron chi connectivity index (χ2n) is 8.83. The molecule has 3 heterocycles. The summed E-state index contributed by atoms with van der Waals surface area (Å²) in [5, 5.41) is 19.2. The van der Waals surface area contributed by atoms with Gasteiger partial charge >= 0.3 is 0 Å². The van der Waals surface area contributed by atoms with Gasteiger partial charge in [-0.15, -0.1) is 0 Å². The second-order valence-corrected chi connectivity index (χ2v) is 8.83. The van der Waals surface area contributed by atoms with Crippen LogP contribution in [0.1, 0.15) is 41.4 Å². The number of fused-ring (bicyclic) bond motifs is 1. The van der Waals surface area contributed by atoms with Gasteiger partial charge in [0.2, 0.25) is 5.88 Å². The Hall–Kier alpha value is -3.67. The van der Waals surface area contributed by atoms with E-state index in [2.05, 4.69) is 56.0 Å². The van der Waals surface area contributed by atoms with Crippen LogP contribution in [-0.2, 0) is 13.0 Å². The predicted molar refractivity (Wildman–Crippen MR) is 127 cm³/mol. The van der Waals surface area contributed by atoms with Crippen LogP contribution in [0, 0.1) is 17.3 Å². The van der Waals surface area contributed by atoms with Gasteiger partial charge < -0.3 is 25.6 Å². The third-order valence-corrected chi connectivity index (χ3v) is 6.85. The topological polar surface area (TPSA) is 118 Å². The molecule has 8 heteroatoms.